The highest BCUT2D eigenvalue weighted by molar-refractivity contribution is 9.11. The molecule has 232 valence electrons. The van der Waals surface area contributed by atoms with Gasteiger partial charge in [0.05, 0.1) is 22.3 Å². The molecule has 0 atom stereocenters. The molecule has 1 aliphatic carbocycles. The van der Waals surface area contributed by atoms with E-state index in [2.05, 4.69) is 163 Å². The molecule has 3 nitrogen and oxygen atoms in total. The van der Waals surface area contributed by atoms with Crippen molar-refractivity contribution in [3.05, 3.63) is 136 Å². The molecule has 0 spiro atoms. The summed E-state index contributed by atoms with van der Waals surface area (Å²) in [5.74, 6) is 2.43. The van der Waals surface area contributed by atoms with E-state index in [0.717, 1.165) is 46.6 Å². The fraction of sp³-hybridized carbons (Fsp3) is 0.186. The first-order valence-corrected chi connectivity index (χ1v) is 17.4. The lowest BCUT2D eigenvalue weighted by atomic mass is 9.87. The summed E-state index contributed by atoms with van der Waals surface area (Å²) in [4.78, 5) is 5.33. The highest BCUT2D eigenvalue weighted by Crippen LogP contribution is 2.43. The fourth-order valence-corrected chi connectivity index (χ4v) is 7.51. The molecule has 47 heavy (non-hydrogen) atoms. The highest BCUT2D eigenvalue weighted by atomic mass is 79.9. The Morgan fingerprint density at radius 2 is 1.32 bits per heavy atom. The zero-order valence-corrected chi connectivity index (χ0v) is 28.8. The Kier molecular flexibility index (Phi) is 7.49. The predicted octanol–water partition coefficient (Wildman–Crippen LogP) is 12.7. The largest absolute Gasteiger partial charge is 0.456 e. The lowest BCUT2D eigenvalue weighted by Gasteiger charge is -2.24. The minimum atomic E-state index is 0.286. The van der Waals surface area contributed by atoms with Crippen LogP contribution in [0.15, 0.2) is 118 Å². The van der Waals surface area contributed by atoms with Crippen LogP contribution in [0.2, 0.25) is 0 Å². The van der Waals surface area contributed by atoms with Crippen LogP contribution in [0.1, 0.15) is 68.4 Å². The normalized spacial score (nSPS) is 13.1. The first kappa shape index (κ1) is 29.7. The van der Waals surface area contributed by atoms with Crippen molar-refractivity contribution in [1.29, 1.82) is 0 Å². The number of imidazole rings is 1. The quantitative estimate of drug-likeness (QED) is 0.175. The van der Waals surface area contributed by atoms with Gasteiger partial charge < -0.3 is 4.42 Å². The van der Waals surface area contributed by atoms with Crippen molar-refractivity contribution >= 4 is 44.0 Å². The maximum Gasteiger partial charge on any atom is 0.149 e. The zero-order valence-electron chi connectivity index (χ0n) is 27.2. The van der Waals surface area contributed by atoms with Crippen molar-refractivity contribution in [1.82, 2.24) is 9.55 Å². The number of furan rings is 1. The Bertz CT molecular complexity index is 2270. The summed E-state index contributed by atoms with van der Waals surface area (Å²) in [6.07, 6.45) is 4.08. The van der Waals surface area contributed by atoms with Gasteiger partial charge in [0, 0.05) is 10.9 Å². The Labute approximate surface area is 284 Å². The average Bonchev–Trinajstić information content (AvgIpc) is 3.66. The van der Waals surface area contributed by atoms with E-state index in [1.165, 1.54) is 54.5 Å². The highest BCUT2D eigenvalue weighted by Gasteiger charge is 2.26. The molecule has 0 aliphatic heterocycles. The first-order chi connectivity index (χ1) is 22.9. The van der Waals surface area contributed by atoms with Gasteiger partial charge in [0.25, 0.3) is 0 Å². The number of halogens is 1. The van der Waals surface area contributed by atoms with E-state index in [1.807, 2.05) is 0 Å². The molecule has 0 N–H and O–H groups in total. The maximum absolute atomic E-state index is 6.65. The molecule has 0 saturated heterocycles. The number of aromatic nitrogens is 2. The molecule has 8 rings (SSSR count). The molecule has 7 aromatic rings. The van der Waals surface area contributed by atoms with Crippen LogP contribution in [0.4, 0.5) is 0 Å². The number of aryl methyl sites for hydroxylation is 1. The van der Waals surface area contributed by atoms with Gasteiger partial charge in [-0.25, -0.2) is 4.98 Å². The van der Waals surface area contributed by atoms with Crippen LogP contribution in [0, 0.1) is 0 Å². The Morgan fingerprint density at radius 1 is 0.681 bits per heavy atom. The summed E-state index contributed by atoms with van der Waals surface area (Å²) in [5, 5.41) is 1.18. The molecule has 4 heteroatoms. The molecular formula is C43H37BrN2O. The van der Waals surface area contributed by atoms with Crippen molar-refractivity contribution in [2.45, 2.75) is 52.4 Å². The van der Waals surface area contributed by atoms with E-state index in [9.17, 15) is 0 Å². The summed E-state index contributed by atoms with van der Waals surface area (Å²) in [6.45, 7) is 9.20. The van der Waals surface area contributed by atoms with Gasteiger partial charge in [0.2, 0.25) is 0 Å². The zero-order chi connectivity index (χ0) is 32.2. The number of hydrogen-bond donors (Lipinski definition) is 0. The number of hydrogen-bond acceptors (Lipinski definition) is 2. The molecule has 0 fully saturated rings. The van der Waals surface area contributed by atoms with Gasteiger partial charge in [-0.1, -0.05) is 122 Å². The van der Waals surface area contributed by atoms with Crippen LogP contribution in [0.5, 0.6) is 0 Å². The van der Waals surface area contributed by atoms with Crippen molar-refractivity contribution in [3.63, 3.8) is 0 Å². The topological polar surface area (TPSA) is 31.0 Å². The van der Waals surface area contributed by atoms with Crippen LogP contribution in [0.25, 0.3) is 67.4 Å². The van der Waals surface area contributed by atoms with E-state index in [4.69, 9.17) is 9.40 Å². The third-order valence-corrected chi connectivity index (χ3v) is 10.1. The third kappa shape index (κ3) is 5.16. The molecule has 0 saturated carbocycles. The van der Waals surface area contributed by atoms with Crippen LogP contribution in [0.3, 0.4) is 0 Å². The van der Waals surface area contributed by atoms with Gasteiger partial charge in [-0.3, -0.25) is 4.57 Å². The second-order valence-electron chi connectivity index (χ2n) is 13.2. The molecule has 1 aliphatic rings. The van der Waals surface area contributed by atoms with Gasteiger partial charge in [-0.05, 0) is 98.9 Å². The summed E-state index contributed by atoms with van der Waals surface area (Å²) in [5.41, 5.74) is 14.0. The third-order valence-electron chi connectivity index (χ3n) is 9.51. The minimum absolute atomic E-state index is 0.286. The summed E-state index contributed by atoms with van der Waals surface area (Å²) >= 11 is 3.71. The van der Waals surface area contributed by atoms with Gasteiger partial charge >= 0.3 is 0 Å². The van der Waals surface area contributed by atoms with Gasteiger partial charge in [-0.15, -0.1) is 0 Å². The molecule has 5 aromatic carbocycles. The summed E-state index contributed by atoms with van der Waals surface area (Å²) in [6, 6.07) is 39.4. The van der Waals surface area contributed by atoms with Gasteiger partial charge in [-0.2, -0.15) is 0 Å². The standard InChI is InChI=1S/C43H37BrN2O/c1-26(2)36-23-31(30-19-17-29(18-20-30)28-11-6-5-7-12-28)24-37(27(3)4)41(36)46-39-16-9-8-15-38(39)45-43(46)35-14-10-13-34-33-22-21-32(44)25-40(33)47-42(34)35/h5-20,23-27H,21-22H2,1-4H3. The van der Waals surface area contributed by atoms with Crippen molar-refractivity contribution in [3.8, 4) is 39.3 Å². The number of para-hydroxylation sites is 3. The second kappa shape index (κ2) is 11.8. The first-order valence-electron chi connectivity index (χ1n) is 16.6. The van der Waals surface area contributed by atoms with Gasteiger partial charge in [0.1, 0.15) is 17.2 Å². The van der Waals surface area contributed by atoms with E-state index in [0.29, 0.717) is 0 Å². The molecule has 2 aromatic heterocycles. The van der Waals surface area contributed by atoms with Crippen molar-refractivity contribution in [2.75, 3.05) is 0 Å². The molecule has 0 unspecified atom stereocenters. The van der Waals surface area contributed by atoms with Gasteiger partial charge in [0.15, 0.2) is 0 Å². The van der Waals surface area contributed by atoms with E-state index < -0.39 is 0 Å². The number of allylic oxidation sites excluding steroid dienone is 1. The van der Waals surface area contributed by atoms with Crippen LogP contribution < -0.4 is 0 Å². The maximum atomic E-state index is 6.65. The van der Waals surface area contributed by atoms with Crippen LogP contribution in [-0.2, 0) is 6.42 Å². The van der Waals surface area contributed by atoms with Crippen LogP contribution >= 0.6 is 15.9 Å². The Balaban J connectivity index is 1.36. The van der Waals surface area contributed by atoms with E-state index in [1.54, 1.807) is 0 Å². The predicted molar refractivity (Wildman–Crippen MR) is 201 cm³/mol. The van der Waals surface area contributed by atoms with E-state index in [-0.39, 0.29) is 11.8 Å². The monoisotopic (exact) mass is 676 g/mol. The Morgan fingerprint density at radius 3 is 2.02 bits per heavy atom. The lowest BCUT2D eigenvalue weighted by Crippen LogP contribution is -2.09. The minimum Gasteiger partial charge on any atom is -0.456 e. The molecule has 0 radical (unpaired) electrons. The SMILES string of the molecule is CC(C)c1cc(-c2ccc(-c3ccccc3)cc2)cc(C(C)C)c1-n1c(-c2cccc3c4c(oc23)C=C(Br)CC4)nc2ccccc21. The summed E-state index contributed by atoms with van der Waals surface area (Å²) in [7, 11) is 0. The lowest BCUT2D eigenvalue weighted by molar-refractivity contribution is 0.595. The molecular weight excluding hydrogens is 640 g/mol. The number of nitrogens with zero attached hydrogens (tertiary/aromatic N) is 2. The van der Waals surface area contributed by atoms with E-state index >= 15 is 0 Å². The molecule has 2 heterocycles. The summed E-state index contributed by atoms with van der Waals surface area (Å²) < 4.78 is 10.2. The van der Waals surface area contributed by atoms with Crippen LogP contribution in [-0.4, -0.2) is 9.55 Å². The number of benzene rings is 5. The van der Waals surface area contributed by atoms with Crippen molar-refractivity contribution in [2.24, 2.45) is 0 Å². The smallest absolute Gasteiger partial charge is 0.149 e. The number of fused-ring (bicyclic) bond motifs is 4. The Hall–Kier alpha value is -4.67. The molecule has 0 bridgehead atoms. The second-order valence-corrected chi connectivity index (χ2v) is 14.3. The average molecular weight is 678 g/mol. The fourth-order valence-electron chi connectivity index (χ4n) is 7.10. The molecule has 0 amide bonds. The number of rotatable bonds is 6. The van der Waals surface area contributed by atoms with Crippen molar-refractivity contribution < 1.29 is 4.42 Å².